The fourth-order valence-corrected chi connectivity index (χ4v) is 2.18. The van der Waals surface area contributed by atoms with E-state index in [1.54, 1.807) is 43.3 Å². The maximum Gasteiger partial charge on any atom is 0.314 e. The molecule has 0 saturated carbocycles. The quantitative estimate of drug-likeness (QED) is 0.831. The lowest BCUT2D eigenvalue weighted by atomic mass is 10.2. The van der Waals surface area contributed by atoms with Crippen molar-refractivity contribution in [3.05, 3.63) is 47.0 Å². The molecule has 24 heavy (non-hydrogen) atoms. The normalized spacial score (nSPS) is 10.0. The zero-order valence-electron chi connectivity index (χ0n) is 13.5. The number of carbonyl (C=O) groups is 2. The van der Waals surface area contributed by atoms with Gasteiger partial charge in [0.05, 0.1) is 19.9 Å². The van der Waals surface area contributed by atoms with Gasteiger partial charge < -0.3 is 20.1 Å². The highest BCUT2D eigenvalue weighted by atomic mass is 35.5. The number of halogens is 1. The second-order valence-electron chi connectivity index (χ2n) is 4.89. The van der Waals surface area contributed by atoms with Crippen molar-refractivity contribution in [1.29, 1.82) is 0 Å². The minimum Gasteiger partial charge on any atom is -0.497 e. The molecule has 0 bridgehead atoms. The molecule has 0 radical (unpaired) electrons. The molecule has 7 heteroatoms. The first-order valence-corrected chi connectivity index (χ1v) is 7.43. The highest BCUT2D eigenvalue weighted by Gasteiger charge is 2.17. The minimum atomic E-state index is -0.821. The summed E-state index contributed by atoms with van der Waals surface area (Å²) in [6.07, 6.45) is 0. The van der Waals surface area contributed by atoms with Gasteiger partial charge in [-0.3, -0.25) is 9.59 Å². The SMILES string of the molecule is COc1ccc(NC(=O)C(=O)Nc2cccc(Cl)c2C)c(OC)c1. The number of methoxy groups -OCH3 is 2. The van der Waals surface area contributed by atoms with Gasteiger partial charge in [-0.2, -0.15) is 0 Å². The Labute approximate surface area is 144 Å². The lowest BCUT2D eigenvalue weighted by Crippen LogP contribution is -2.29. The second-order valence-corrected chi connectivity index (χ2v) is 5.29. The molecule has 6 nitrogen and oxygen atoms in total. The van der Waals surface area contributed by atoms with E-state index in [9.17, 15) is 9.59 Å². The Balaban J connectivity index is 2.12. The van der Waals surface area contributed by atoms with E-state index in [-0.39, 0.29) is 0 Å². The fourth-order valence-electron chi connectivity index (χ4n) is 2.00. The van der Waals surface area contributed by atoms with Crippen LogP contribution in [0.3, 0.4) is 0 Å². The molecular formula is C17H17ClN2O4. The number of rotatable bonds is 4. The van der Waals surface area contributed by atoms with E-state index in [2.05, 4.69) is 10.6 Å². The standard InChI is InChI=1S/C17H17ClN2O4/c1-10-12(18)5-4-6-13(10)19-16(21)17(22)20-14-8-7-11(23-2)9-15(14)24-3/h4-9H,1-3H3,(H,19,21)(H,20,22). The predicted octanol–water partition coefficient (Wildman–Crippen LogP) is 3.24. The molecule has 2 amide bonds. The summed E-state index contributed by atoms with van der Waals surface area (Å²) in [5.41, 5.74) is 1.52. The van der Waals surface area contributed by atoms with Gasteiger partial charge in [0.2, 0.25) is 0 Å². The molecule has 0 aromatic heterocycles. The molecule has 0 spiro atoms. The maximum absolute atomic E-state index is 12.1. The number of amides is 2. The van der Waals surface area contributed by atoms with Crippen LogP contribution in [0.4, 0.5) is 11.4 Å². The number of carbonyl (C=O) groups excluding carboxylic acids is 2. The summed E-state index contributed by atoms with van der Waals surface area (Å²) in [7, 11) is 2.98. The minimum absolute atomic E-state index is 0.362. The molecule has 0 unspecified atom stereocenters. The summed E-state index contributed by atoms with van der Waals surface area (Å²) in [4.78, 5) is 24.2. The third-order valence-corrected chi connectivity index (χ3v) is 3.79. The average Bonchev–Trinajstić information content (AvgIpc) is 2.59. The van der Waals surface area contributed by atoms with E-state index in [1.165, 1.54) is 14.2 Å². The van der Waals surface area contributed by atoms with Crippen LogP contribution < -0.4 is 20.1 Å². The zero-order valence-corrected chi connectivity index (χ0v) is 14.2. The summed E-state index contributed by atoms with van der Waals surface area (Å²) in [5, 5.41) is 5.54. The number of ether oxygens (including phenoxy) is 2. The summed E-state index contributed by atoms with van der Waals surface area (Å²) in [5.74, 6) is -0.672. The van der Waals surface area contributed by atoms with Crippen molar-refractivity contribution in [2.24, 2.45) is 0 Å². The monoisotopic (exact) mass is 348 g/mol. The first kappa shape index (κ1) is 17.6. The van der Waals surface area contributed by atoms with E-state index in [1.807, 2.05) is 0 Å². The number of nitrogens with one attached hydrogen (secondary N) is 2. The van der Waals surface area contributed by atoms with Crippen molar-refractivity contribution in [1.82, 2.24) is 0 Å². The lowest BCUT2D eigenvalue weighted by Gasteiger charge is -2.12. The topological polar surface area (TPSA) is 76.7 Å². The Morgan fingerprint density at radius 3 is 2.25 bits per heavy atom. The van der Waals surface area contributed by atoms with Crippen LogP contribution in [-0.4, -0.2) is 26.0 Å². The number of hydrogen-bond donors (Lipinski definition) is 2. The third-order valence-electron chi connectivity index (χ3n) is 3.38. The Morgan fingerprint density at radius 1 is 0.958 bits per heavy atom. The number of anilines is 2. The molecule has 126 valence electrons. The molecule has 0 aliphatic carbocycles. The zero-order chi connectivity index (χ0) is 17.7. The molecule has 0 fully saturated rings. The summed E-state index contributed by atoms with van der Waals surface area (Å²) in [6.45, 7) is 1.75. The maximum atomic E-state index is 12.1. The first-order chi connectivity index (χ1) is 11.5. The number of hydrogen-bond acceptors (Lipinski definition) is 4. The Bertz CT molecular complexity index is 777. The van der Waals surface area contributed by atoms with Gasteiger partial charge in [0.25, 0.3) is 0 Å². The van der Waals surface area contributed by atoms with Crippen LogP contribution in [0.2, 0.25) is 5.02 Å². The Kier molecular flexibility index (Phi) is 5.65. The van der Waals surface area contributed by atoms with Gasteiger partial charge in [0.1, 0.15) is 11.5 Å². The van der Waals surface area contributed by atoms with Crippen molar-refractivity contribution < 1.29 is 19.1 Å². The van der Waals surface area contributed by atoms with E-state index < -0.39 is 11.8 Å². The Morgan fingerprint density at radius 2 is 1.62 bits per heavy atom. The lowest BCUT2D eigenvalue weighted by molar-refractivity contribution is -0.133. The molecule has 0 aliphatic heterocycles. The molecule has 0 aliphatic rings. The highest BCUT2D eigenvalue weighted by Crippen LogP contribution is 2.29. The van der Waals surface area contributed by atoms with Gasteiger partial charge in [-0.25, -0.2) is 0 Å². The van der Waals surface area contributed by atoms with Crippen molar-refractivity contribution >= 4 is 34.8 Å². The van der Waals surface area contributed by atoms with Gasteiger partial charge >= 0.3 is 11.8 Å². The molecule has 0 atom stereocenters. The van der Waals surface area contributed by atoms with E-state index in [4.69, 9.17) is 21.1 Å². The van der Waals surface area contributed by atoms with Crippen LogP contribution in [-0.2, 0) is 9.59 Å². The van der Waals surface area contributed by atoms with Crippen LogP contribution >= 0.6 is 11.6 Å². The summed E-state index contributed by atoms with van der Waals surface area (Å²) in [6, 6.07) is 9.91. The summed E-state index contributed by atoms with van der Waals surface area (Å²) >= 11 is 5.99. The average molecular weight is 349 g/mol. The van der Waals surface area contributed by atoms with Crippen LogP contribution in [0.15, 0.2) is 36.4 Å². The molecule has 2 aromatic rings. The van der Waals surface area contributed by atoms with E-state index in [0.717, 1.165) is 0 Å². The predicted molar refractivity (Wildman–Crippen MR) is 93.0 cm³/mol. The van der Waals surface area contributed by atoms with Crippen molar-refractivity contribution in [3.63, 3.8) is 0 Å². The van der Waals surface area contributed by atoms with Crippen LogP contribution in [0.5, 0.6) is 11.5 Å². The molecule has 2 N–H and O–H groups in total. The van der Waals surface area contributed by atoms with Gasteiger partial charge in [-0.05, 0) is 36.8 Å². The van der Waals surface area contributed by atoms with Gasteiger partial charge in [0, 0.05) is 16.8 Å². The number of benzene rings is 2. The van der Waals surface area contributed by atoms with Crippen LogP contribution in [0, 0.1) is 6.92 Å². The van der Waals surface area contributed by atoms with E-state index in [0.29, 0.717) is 33.5 Å². The second kappa shape index (κ2) is 7.70. The molecular weight excluding hydrogens is 332 g/mol. The smallest absolute Gasteiger partial charge is 0.314 e. The Hall–Kier alpha value is -2.73. The third kappa shape index (κ3) is 3.97. The van der Waals surface area contributed by atoms with Crippen molar-refractivity contribution in [2.45, 2.75) is 6.92 Å². The van der Waals surface area contributed by atoms with Gasteiger partial charge in [0.15, 0.2) is 0 Å². The molecule has 0 heterocycles. The fraction of sp³-hybridized carbons (Fsp3) is 0.176. The van der Waals surface area contributed by atoms with Crippen molar-refractivity contribution in [3.8, 4) is 11.5 Å². The van der Waals surface area contributed by atoms with Gasteiger partial charge in [-0.1, -0.05) is 17.7 Å². The molecule has 2 aromatic carbocycles. The molecule has 2 rings (SSSR count). The van der Waals surface area contributed by atoms with Crippen LogP contribution in [0.1, 0.15) is 5.56 Å². The van der Waals surface area contributed by atoms with E-state index >= 15 is 0 Å². The largest absolute Gasteiger partial charge is 0.497 e. The van der Waals surface area contributed by atoms with Gasteiger partial charge in [-0.15, -0.1) is 0 Å². The highest BCUT2D eigenvalue weighted by molar-refractivity contribution is 6.44. The first-order valence-electron chi connectivity index (χ1n) is 7.05. The summed E-state index contributed by atoms with van der Waals surface area (Å²) < 4.78 is 10.3. The van der Waals surface area contributed by atoms with Crippen LogP contribution in [0.25, 0.3) is 0 Å². The van der Waals surface area contributed by atoms with Crippen molar-refractivity contribution in [2.75, 3.05) is 24.9 Å². The molecule has 0 saturated heterocycles.